The molecule has 0 fully saturated rings. The van der Waals surface area contributed by atoms with Crippen LogP contribution in [0.25, 0.3) is 0 Å². The van der Waals surface area contributed by atoms with Gasteiger partial charge < -0.3 is 10.2 Å². The average Bonchev–Trinajstić information content (AvgIpc) is 2.50. The second-order valence-corrected chi connectivity index (χ2v) is 7.28. The number of aromatic nitrogens is 2. The highest BCUT2D eigenvalue weighted by Gasteiger charge is 2.16. The van der Waals surface area contributed by atoms with Gasteiger partial charge in [-0.25, -0.2) is 26.9 Å². The standard InChI is InChI=1S/C15H19F2N5O2S/c1-10-6-14(22(2)3)21-15(20-10)18-4-5-19-25(23,24)13-8-11(16)7-12(17)9-13/h6-9,19H,4-5H2,1-3H3,(H,18,20,21). The van der Waals surface area contributed by atoms with Gasteiger partial charge in [0.15, 0.2) is 0 Å². The van der Waals surface area contributed by atoms with E-state index in [1.807, 2.05) is 32.0 Å². The summed E-state index contributed by atoms with van der Waals surface area (Å²) in [5.41, 5.74) is 0.761. The van der Waals surface area contributed by atoms with Crippen LogP contribution in [-0.4, -0.2) is 45.6 Å². The van der Waals surface area contributed by atoms with Gasteiger partial charge in [0.1, 0.15) is 17.5 Å². The van der Waals surface area contributed by atoms with E-state index in [2.05, 4.69) is 20.0 Å². The van der Waals surface area contributed by atoms with E-state index in [0.29, 0.717) is 17.8 Å². The maximum absolute atomic E-state index is 13.1. The molecule has 0 unspecified atom stereocenters. The first-order chi connectivity index (χ1) is 11.7. The Bertz CT molecular complexity index is 839. The molecule has 0 aliphatic carbocycles. The Balaban J connectivity index is 1.96. The Morgan fingerprint density at radius 1 is 1.04 bits per heavy atom. The lowest BCUT2D eigenvalue weighted by atomic mass is 10.3. The smallest absolute Gasteiger partial charge is 0.240 e. The van der Waals surface area contributed by atoms with Crippen molar-refractivity contribution in [3.8, 4) is 0 Å². The van der Waals surface area contributed by atoms with Crippen molar-refractivity contribution >= 4 is 21.8 Å². The highest BCUT2D eigenvalue weighted by molar-refractivity contribution is 7.89. The summed E-state index contributed by atoms with van der Waals surface area (Å²) in [6, 6.07) is 3.93. The van der Waals surface area contributed by atoms with E-state index in [0.717, 1.165) is 17.8 Å². The molecular formula is C15H19F2N5O2S. The summed E-state index contributed by atoms with van der Waals surface area (Å²) >= 11 is 0. The second-order valence-electron chi connectivity index (χ2n) is 5.52. The first-order valence-corrected chi connectivity index (χ1v) is 8.88. The van der Waals surface area contributed by atoms with Crippen LogP contribution in [0.4, 0.5) is 20.5 Å². The first kappa shape index (κ1) is 19.0. The Morgan fingerprint density at radius 2 is 1.68 bits per heavy atom. The molecule has 1 aromatic heterocycles. The number of anilines is 2. The van der Waals surface area contributed by atoms with Crippen molar-refractivity contribution in [1.82, 2.24) is 14.7 Å². The van der Waals surface area contributed by atoms with Crippen molar-refractivity contribution in [2.75, 3.05) is 37.4 Å². The highest BCUT2D eigenvalue weighted by Crippen LogP contribution is 2.14. The maximum atomic E-state index is 13.1. The Morgan fingerprint density at radius 3 is 2.28 bits per heavy atom. The lowest BCUT2D eigenvalue weighted by molar-refractivity contribution is 0.562. The van der Waals surface area contributed by atoms with Gasteiger partial charge >= 0.3 is 0 Å². The van der Waals surface area contributed by atoms with Crippen molar-refractivity contribution in [3.63, 3.8) is 0 Å². The van der Waals surface area contributed by atoms with Gasteiger partial charge in [0.05, 0.1) is 4.90 Å². The lowest BCUT2D eigenvalue weighted by Crippen LogP contribution is -2.29. The van der Waals surface area contributed by atoms with Crippen molar-refractivity contribution in [2.24, 2.45) is 0 Å². The van der Waals surface area contributed by atoms with Crippen LogP contribution in [-0.2, 0) is 10.0 Å². The molecule has 0 atom stereocenters. The SMILES string of the molecule is Cc1cc(N(C)C)nc(NCCNS(=O)(=O)c2cc(F)cc(F)c2)n1. The molecule has 1 aromatic carbocycles. The number of nitrogens with zero attached hydrogens (tertiary/aromatic N) is 3. The van der Waals surface area contributed by atoms with Crippen molar-refractivity contribution in [3.05, 3.63) is 41.6 Å². The molecule has 0 saturated heterocycles. The summed E-state index contributed by atoms with van der Waals surface area (Å²) in [6.45, 7) is 2.02. The lowest BCUT2D eigenvalue weighted by Gasteiger charge is -2.14. The van der Waals surface area contributed by atoms with Crippen molar-refractivity contribution in [1.29, 1.82) is 0 Å². The normalized spacial score (nSPS) is 11.4. The summed E-state index contributed by atoms with van der Waals surface area (Å²) in [4.78, 5) is 9.84. The zero-order valence-corrected chi connectivity index (χ0v) is 14.9. The van der Waals surface area contributed by atoms with Crippen LogP contribution < -0.4 is 14.9 Å². The molecule has 0 aliphatic heterocycles. The predicted octanol–water partition coefficient (Wildman–Crippen LogP) is 1.52. The number of hydrogen-bond donors (Lipinski definition) is 2. The third-order valence-electron chi connectivity index (χ3n) is 3.15. The van der Waals surface area contributed by atoms with Crippen LogP contribution in [0.3, 0.4) is 0 Å². The van der Waals surface area contributed by atoms with E-state index in [9.17, 15) is 17.2 Å². The van der Waals surface area contributed by atoms with Crippen LogP contribution >= 0.6 is 0 Å². The van der Waals surface area contributed by atoms with E-state index >= 15 is 0 Å². The molecule has 0 aliphatic rings. The van der Waals surface area contributed by atoms with Crippen LogP contribution in [0, 0.1) is 18.6 Å². The number of halogens is 2. The minimum atomic E-state index is -4.01. The van der Waals surface area contributed by atoms with Gasteiger partial charge in [-0.1, -0.05) is 0 Å². The fourth-order valence-corrected chi connectivity index (χ4v) is 3.06. The summed E-state index contributed by atoms with van der Waals surface area (Å²) < 4.78 is 52.6. The Labute approximate surface area is 145 Å². The third-order valence-corrected chi connectivity index (χ3v) is 4.59. The largest absolute Gasteiger partial charge is 0.363 e. The molecule has 0 spiro atoms. The number of rotatable bonds is 7. The van der Waals surface area contributed by atoms with Crippen LogP contribution in [0.5, 0.6) is 0 Å². The summed E-state index contributed by atoms with van der Waals surface area (Å²) in [7, 11) is -0.318. The van der Waals surface area contributed by atoms with E-state index in [1.165, 1.54) is 0 Å². The summed E-state index contributed by atoms with van der Waals surface area (Å²) in [5.74, 6) is -0.837. The van der Waals surface area contributed by atoms with Gasteiger partial charge in [-0.05, 0) is 19.1 Å². The first-order valence-electron chi connectivity index (χ1n) is 7.40. The molecule has 1 heterocycles. The molecule has 7 nitrogen and oxygen atoms in total. The van der Waals surface area contributed by atoms with Crippen LogP contribution in [0.15, 0.2) is 29.2 Å². The van der Waals surface area contributed by atoms with Crippen LogP contribution in [0.1, 0.15) is 5.69 Å². The quantitative estimate of drug-likeness (QED) is 0.718. The Kier molecular flexibility index (Phi) is 5.85. The fraction of sp³-hybridized carbons (Fsp3) is 0.333. The van der Waals surface area contributed by atoms with E-state index in [-0.39, 0.29) is 13.1 Å². The monoisotopic (exact) mass is 371 g/mol. The maximum Gasteiger partial charge on any atom is 0.240 e. The number of nitrogens with one attached hydrogen (secondary N) is 2. The van der Waals surface area contributed by atoms with Gasteiger partial charge in [-0.3, -0.25) is 0 Å². The van der Waals surface area contributed by atoms with Gasteiger partial charge in [0.25, 0.3) is 0 Å². The van der Waals surface area contributed by atoms with Crippen molar-refractivity contribution < 1.29 is 17.2 Å². The summed E-state index contributed by atoms with van der Waals surface area (Å²) in [6.07, 6.45) is 0. The van der Waals surface area contributed by atoms with Crippen molar-refractivity contribution in [2.45, 2.75) is 11.8 Å². The Hall–Kier alpha value is -2.33. The number of benzene rings is 1. The zero-order valence-electron chi connectivity index (χ0n) is 14.0. The van der Waals surface area contributed by atoms with Gasteiger partial charge in [-0.15, -0.1) is 0 Å². The molecule has 25 heavy (non-hydrogen) atoms. The second kappa shape index (κ2) is 7.70. The minimum Gasteiger partial charge on any atom is -0.363 e. The fourth-order valence-electron chi connectivity index (χ4n) is 1.99. The molecule has 0 bridgehead atoms. The van der Waals surface area contributed by atoms with Gasteiger partial charge in [-0.2, -0.15) is 4.98 Å². The molecule has 2 rings (SSSR count). The van der Waals surface area contributed by atoms with Gasteiger partial charge in [0, 0.05) is 45.0 Å². The molecule has 0 radical (unpaired) electrons. The molecule has 136 valence electrons. The number of aryl methyl sites for hydroxylation is 1. The van der Waals surface area contributed by atoms with Crippen LogP contribution in [0.2, 0.25) is 0 Å². The number of hydrogen-bond acceptors (Lipinski definition) is 6. The molecular weight excluding hydrogens is 352 g/mol. The van der Waals surface area contributed by atoms with E-state index in [1.54, 1.807) is 0 Å². The third kappa shape index (κ3) is 5.33. The zero-order chi connectivity index (χ0) is 18.6. The van der Waals surface area contributed by atoms with E-state index in [4.69, 9.17) is 0 Å². The molecule has 0 saturated carbocycles. The van der Waals surface area contributed by atoms with Gasteiger partial charge in [0.2, 0.25) is 16.0 Å². The average molecular weight is 371 g/mol. The molecule has 2 N–H and O–H groups in total. The number of sulfonamides is 1. The predicted molar refractivity (Wildman–Crippen MR) is 91.1 cm³/mol. The topological polar surface area (TPSA) is 87.2 Å². The molecule has 2 aromatic rings. The summed E-state index contributed by atoms with van der Waals surface area (Å²) in [5, 5.41) is 2.90. The molecule has 10 heteroatoms. The van der Waals surface area contributed by atoms with E-state index < -0.39 is 26.6 Å². The highest BCUT2D eigenvalue weighted by atomic mass is 32.2. The minimum absolute atomic E-state index is 0.00490. The molecule has 0 amide bonds.